The Hall–Kier alpha value is -0.0800. The van der Waals surface area contributed by atoms with E-state index >= 15 is 0 Å². The zero-order valence-corrected chi connectivity index (χ0v) is 16.0. The third kappa shape index (κ3) is 2.88. The van der Waals surface area contributed by atoms with Gasteiger partial charge in [0, 0.05) is 6.42 Å². The zero-order valence-electron chi connectivity index (χ0n) is 16.0. The van der Waals surface area contributed by atoms with Crippen LogP contribution in [-0.2, 0) is 0 Å². The predicted molar refractivity (Wildman–Crippen MR) is 95.2 cm³/mol. The first-order chi connectivity index (χ1) is 10.5. The van der Waals surface area contributed by atoms with Gasteiger partial charge in [0.05, 0.1) is 11.2 Å². The molecule has 0 aromatic rings. The lowest BCUT2D eigenvalue weighted by molar-refractivity contribution is -0.223. The van der Waals surface area contributed by atoms with Crippen LogP contribution in [0.4, 0.5) is 0 Å². The maximum atomic E-state index is 11.6. The van der Waals surface area contributed by atoms with E-state index in [9.17, 15) is 10.2 Å². The fraction of sp³-hybridized carbons (Fsp3) is 1.00. The summed E-state index contributed by atoms with van der Waals surface area (Å²) in [6.07, 6.45) is 9.22. The van der Waals surface area contributed by atoms with Gasteiger partial charge < -0.3 is 10.2 Å². The minimum absolute atomic E-state index is 0.258. The molecule has 3 aliphatic rings. The normalized spacial score (nSPS) is 49.6. The van der Waals surface area contributed by atoms with Gasteiger partial charge in [-0.15, -0.1) is 0 Å². The summed E-state index contributed by atoms with van der Waals surface area (Å²) in [6.45, 7) is 11.7. The maximum absolute atomic E-state index is 11.6. The molecule has 2 heteroatoms. The minimum Gasteiger partial charge on any atom is -0.390 e. The smallest absolute Gasteiger partial charge is 0.0708 e. The maximum Gasteiger partial charge on any atom is 0.0708 e. The quantitative estimate of drug-likeness (QED) is 0.757. The van der Waals surface area contributed by atoms with E-state index in [0.29, 0.717) is 23.7 Å². The Morgan fingerprint density at radius 3 is 2.22 bits per heavy atom. The van der Waals surface area contributed by atoms with Crippen molar-refractivity contribution in [2.45, 2.75) is 104 Å². The molecule has 0 aliphatic heterocycles. The van der Waals surface area contributed by atoms with Crippen LogP contribution in [-0.4, -0.2) is 21.4 Å². The Morgan fingerprint density at radius 2 is 1.57 bits per heavy atom. The zero-order chi connectivity index (χ0) is 17.1. The molecule has 0 heterocycles. The molecular weight excluding hydrogens is 284 g/mol. The van der Waals surface area contributed by atoms with E-state index in [-0.39, 0.29) is 5.41 Å². The van der Waals surface area contributed by atoms with Crippen molar-refractivity contribution >= 4 is 0 Å². The fourth-order valence-corrected chi connectivity index (χ4v) is 7.30. The molecule has 3 rings (SSSR count). The highest BCUT2D eigenvalue weighted by atomic mass is 16.3. The second-order valence-electron chi connectivity index (χ2n) is 10.6. The molecule has 0 radical (unpaired) electrons. The van der Waals surface area contributed by atoms with Crippen molar-refractivity contribution < 1.29 is 10.2 Å². The lowest BCUT2D eigenvalue weighted by atomic mass is 9.42. The highest BCUT2D eigenvalue weighted by Gasteiger charge is 2.62. The monoisotopic (exact) mass is 322 g/mol. The van der Waals surface area contributed by atoms with Crippen molar-refractivity contribution in [2.75, 3.05) is 0 Å². The Balaban J connectivity index is 1.87. The van der Waals surface area contributed by atoms with Crippen molar-refractivity contribution in [3.8, 4) is 0 Å². The van der Waals surface area contributed by atoms with Gasteiger partial charge in [0.1, 0.15) is 0 Å². The second-order valence-corrected chi connectivity index (χ2v) is 10.6. The van der Waals surface area contributed by atoms with Crippen molar-refractivity contribution in [3.63, 3.8) is 0 Å². The van der Waals surface area contributed by atoms with Gasteiger partial charge >= 0.3 is 0 Å². The SMILES string of the molecule is CC(C)C[C@@]1(O)CC[C@H]2[C@@](O)(CC[C@H]3C(C)(C)CCC[C@@]32C)C1. The topological polar surface area (TPSA) is 40.5 Å². The lowest BCUT2D eigenvalue weighted by Crippen LogP contribution is -2.63. The molecule has 2 N–H and O–H groups in total. The first kappa shape index (κ1) is 17.7. The summed E-state index contributed by atoms with van der Waals surface area (Å²) in [5.74, 6) is 1.59. The van der Waals surface area contributed by atoms with Gasteiger partial charge in [0.2, 0.25) is 0 Å². The van der Waals surface area contributed by atoms with Gasteiger partial charge in [-0.1, -0.05) is 41.0 Å². The van der Waals surface area contributed by atoms with E-state index in [1.807, 2.05) is 0 Å². The van der Waals surface area contributed by atoms with Crippen molar-refractivity contribution in [2.24, 2.45) is 28.6 Å². The van der Waals surface area contributed by atoms with E-state index < -0.39 is 11.2 Å². The van der Waals surface area contributed by atoms with Crippen LogP contribution in [0.1, 0.15) is 92.4 Å². The third-order valence-corrected chi connectivity index (χ3v) is 7.91. The van der Waals surface area contributed by atoms with Crippen LogP contribution in [0.25, 0.3) is 0 Å². The Bertz CT molecular complexity index is 457. The molecule has 0 bridgehead atoms. The van der Waals surface area contributed by atoms with Crippen LogP contribution in [0.15, 0.2) is 0 Å². The fourth-order valence-electron chi connectivity index (χ4n) is 7.30. The number of aliphatic hydroxyl groups is 2. The highest BCUT2D eigenvalue weighted by molar-refractivity contribution is 5.12. The number of rotatable bonds is 2. The van der Waals surface area contributed by atoms with Crippen molar-refractivity contribution in [1.29, 1.82) is 0 Å². The van der Waals surface area contributed by atoms with Gasteiger partial charge in [-0.3, -0.25) is 0 Å². The molecule has 0 spiro atoms. The van der Waals surface area contributed by atoms with Crippen LogP contribution in [0.2, 0.25) is 0 Å². The molecule has 2 nitrogen and oxygen atoms in total. The largest absolute Gasteiger partial charge is 0.390 e. The molecule has 3 aliphatic carbocycles. The molecular formula is C21H38O2. The average Bonchev–Trinajstić information content (AvgIpc) is 2.34. The Labute approximate surface area is 143 Å². The molecule has 0 aromatic carbocycles. The molecule has 134 valence electrons. The summed E-state index contributed by atoms with van der Waals surface area (Å²) < 4.78 is 0. The summed E-state index contributed by atoms with van der Waals surface area (Å²) in [5, 5.41) is 22.6. The van der Waals surface area contributed by atoms with E-state index in [2.05, 4.69) is 34.6 Å². The van der Waals surface area contributed by atoms with Crippen LogP contribution < -0.4 is 0 Å². The van der Waals surface area contributed by atoms with Crippen molar-refractivity contribution in [1.82, 2.24) is 0 Å². The number of hydrogen-bond donors (Lipinski definition) is 2. The van der Waals surface area contributed by atoms with Gasteiger partial charge in [-0.25, -0.2) is 0 Å². The van der Waals surface area contributed by atoms with E-state index in [0.717, 1.165) is 38.0 Å². The van der Waals surface area contributed by atoms with Crippen LogP contribution in [0.5, 0.6) is 0 Å². The first-order valence-electron chi connectivity index (χ1n) is 9.96. The van der Waals surface area contributed by atoms with Gasteiger partial charge in [-0.2, -0.15) is 0 Å². The molecule has 0 unspecified atom stereocenters. The molecule has 0 aromatic heterocycles. The number of fused-ring (bicyclic) bond motifs is 3. The minimum atomic E-state index is -0.646. The van der Waals surface area contributed by atoms with E-state index in [4.69, 9.17) is 0 Å². The molecule has 3 fully saturated rings. The first-order valence-corrected chi connectivity index (χ1v) is 9.96. The molecule has 5 atom stereocenters. The van der Waals surface area contributed by atoms with E-state index in [1.54, 1.807) is 0 Å². The predicted octanol–water partition coefficient (Wildman–Crippen LogP) is 4.92. The van der Waals surface area contributed by atoms with E-state index in [1.165, 1.54) is 19.3 Å². The molecule has 23 heavy (non-hydrogen) atoms. The summed E-state index contributed by atoms with van der Waals surface area (Å²) in [4.78, 5) is 0. The molecule has 0 saturated heterocycles. The number of hydrogen-bond acceptors (Lipinski definition) is 2. The Kier molecular flexibility index (Phi) is 4.21. The summed E-state index contributed by atoms with van der Waals surface area (Å²) in [7, 11) is 0. The standard InChI is InChI=1S/C21H38O2/c1-15(2)13-20(22)11-7-17-19(5)10-6-9-18(3,4)16(19)8-12-21(17,23)14-20/h15-17,22-23H,6-14H2,1-5H3/t16-,17+,19-,20-,21+/m0/s1. The molecule has 0 amide bonds. The van der Waals surface area contributed by atoms with Gasteiger partial charge in [-0.05, 0) is 73.5 Å². The summed E-state index contributed by atoms with van der Waals surface area (Å²) >= 11 is 0. The van der Waals surface area contributed by atoms with Crippen molar-refractivity contribution in [3.05, 3.63) is 0 Å². The summed E-state index contributed by atoms with van der Waals surface area (Å²) in [6, 6.07) is 0. The summed E-state index contributed by atoms with van der Waals surface area (Å²) in [5.41, 5.74) is -0.624. The van der Waals surface area contributed by atoms with Crippen LogP contribution in [0.3, 0.4) is 0 Å². The van der Waals surface area contributed by atoms with Gasteiger partial charge in [0.15, 0.2) is 0 Å². The highest BCUT2D eigenvalue weighted by Crippen LogP contribution is 2.65. The van der Waals surface area contributed by atoms with Crippen LogP contribution in [0, 0.1) is 28.6 Å². The van der Waals surface area contributed by atoms with Crippen LogP contribution >= 0.6 is 0 Å². The Morgan fingerprint density at radius 1 is 0.913 bits per heavy atom. The third-order valence-electron chi connectivity index (χ3n) is 7.91. The lowest BCUT2D eigenvalue weighted by Gasteiger charge is -2.64. The van der Waals surface area contributed by atoms with Gasteiger partial charge in [0.25, 0.3) is 0 Å². The molecule has 3 saturated carbocycles. The second kappa shape index (κ2) is 5.46. The average molecular weight is 323 g/mol.